The summed E-state index contributed by atoms with van der Waals surface area (Å²) in [6.07, 6.45) is -0.495. The van der Waals surface area contributed by atoms with Gasteiger partial charge in [0.05, 0.1) is 16.8 Å². The molecule has 0 saturated heterocycles. The molecule has 154 valence electrons. The van der Waals surface area contributed by atoms with Crippen LogP contribution in [0.1, 0.15) is 34.1 Å². The second kappa shape index (κ2) is 9.11. The lowest BCUT2D eigenvalue weighted by atomic mass is 10.0. The van der Waals surface area contributed by atoms with Gasteiger partial charge in [-0.25, -0.2) is 9.78 Å². The first-order valence-electron chi connectivity index (χ1n) is 10.0. The molecule has 0 unspecified atom stereocenters. The van der Waals surface area contributed by atoms with Gasteiger partial charge in [0.2, 0.25) is 5.78 Å². The van der Waals surface area contributed by atoms with Crippen molar-refractivity contribution in [3.05, 3.63) is 101 Å². The molecular formula is C26H20ClNO3. The van der Waals surface area contributed by atoms with Gasteiger partial charge < -0.3 is 4.74 Å². The van der Waals surface area contributed by atoms with Crippen LogP contribution in [0.15, 0.2) is 84.9 Å². The fraction of sp³-hybridized carbons (Fsp3) is 0.115. The number of aromatic nitrogens is 1. The first-order valence-corrected chi connectivity index (χ1v) is 10.4. The number of nitrogens with zero attached hydrogens (tertiary/aromatic N) is 1. The van der Waals surface area contributed by atoms with Crippen molar-refractivity contribution in [3.8, 4) is 11.3 Å². The highest BCUT2D eigenvalue weighted by atomic mass is 35.5. The van der Waals surface area contributed by atoms with Crippen LogP contribution in [0.2, 0.25) is 5.02 Å². The molecule has 0 fully saturated rings. The van der Waals surface area contributed by atoms with Crippen molar-refractivity contribution in [3.63, 3.8) is 0 Å². The number of carbonyl (C=O) groups excluding carboxylic acids is 2. The van der Waals surface area contributed by atoms with Crippen LogP contribution in [-0.4, -0.2) is 22.8 Å². The number of ketones is 1. The second-order valence-corrected chi connectivity index (χ2v) is 7.49. The first kappa shape index (κ1) is 20.8. The first-order chi connectivity index (χ1) is 15.1. The third-order valence-electron chi connectivity index (χ3n) is 5.06. The summed E-state index contributed by atoms with van der Waals surface area (Å²) in [7, 11) is 0. The quantitative estimate of drug-likeness (QED) is 0.264. The molecule has 0 bridgehead atoms. The van der Waals surface area contributed by atoms with E-state index in [4.69, 9.17) is 16.3 Å². The number of fused-ring (bicyclic) bond motifs is 1. The summed E-state index contributed by atoms with van der Waals surface area (Å²) >= 11 is 6.36. The maximum Gasteiger partial charge on any atom is 0.339 e. The molecule has 0 aliphatic carbocycles. The molecule has 0 aliphatic rings. The molecule has 4 rings (SSSR count). The lowest BCUT2D eigenvalue weighted by Crippen LogP contribution is -2.27. The Kier molecular flexibility index (Phi) is 6.10. The smallest absolute Gasteiger partial charge is 0.339 e. The monoisotopic (exact) mass is 429 g/mol. The van der Waals surface area contributed by atoms with E-state index < -0.39 is 12.1 Å². The van der Waals surface area contributed by atoms with Crippen molar-refractivity contribution >= 4 is 34.3 Å². The summed E-state index contributed by atoms with van der Waals surface area (Å²) < 4.78 is 5.68. The fourth-order valence-electron chi connectivity index (χ4n) is 3.45. The fourth-order valence-corrected chi connectivity index (χ4v) is 3.69. The Balaban J connectivity index is 1.73. The number of pyridine rings is 1. The third-order valence-corrected chi connectivity index (χ3v) is 5.39. The Bertz CT molecular complexity index is 1250. The summed E-state index contributed by atoms with van der Waals surface area (Å²) in [6, 6.07) is 25.2. The SMILES string of the molecule is CC[C@@H](OC(=O)c1cc(-c2ccccc2Cl)nc2ccccc12)C(=O)c1ccccc1. The van der Waals surface area contributed by atoms with Crippen molar-refractivity contribution in [2.75, 3.05) is 0 Å². The van der Waals surface area contributed by atoms with Crippen molar-refractivity contribution < 1.29 is 14.3 Å². The van der Waals surface area contributed by atoms with E-state index in [-0.39, 0.29) is 5.78 Å². The predicted octanol–water partition coefficient (Wildman–Crippen LogP) is 6.37. The normalized spacial score (nSPS) is 11.8. The topological polar surface area (TPSA) is 56.3 Å². The molecule has 1 atom stereocenters. The van der Waals surface area contributed by atoms with E-state index in [1.165, 1.54) is 0 Å². The zero-order valence-electron chi connectivity index (χ0n) is 16.9. The van der Waals surface area contributed by atoms with Crippen molar-refractivity contribution in [1.82, 2.24) is 4.98 Å². The molecule has 31 heavy (non-hydrogen) atoms. The number of hydrogen-bond acceptors (Lipinski definition) is 4. The largest absolute Gasteiger partial charge is 0.450 e. The molecule has 0 N–H and O–H groups in total. The Hall–Kier alpha value is -3.50. The molecule has 0 amide bonds. The molecule has 0 saturated carbocycles. The van der Waals surface area contributed by atoms with Crippen LogP contribution in [0, 0.1) is 0 Å². The number of ether oxygens (including phenoxy) is 1. The van der Waals surface area contributed by atoms with Gasteiger partial charge in [-0.05, 0) is 24.6 Å². The van der Waals surface area contributed by atoms with Gasteiger partial charge in [0, 0.05) is 21.5 Å². The molecule has 1 aromatic heterocycles. The lowest BCUT2D eigenvalue weighted by Gasteiger charge is -2.17. The summed E-state index contributed by atoms with van der Waals surface area (Å²) in [5, 5.41) is 1.20. The minimum Gasteiger partial charge on any atom is -0.450 e. The van der Waals surface area contributed by atoms with Gasteiger partial charge in [-0.3, -0.25) is 4.79 Å². The average Bonchev–Trinajstić information content (AvgIpc) is 2.82. The second-order valence-electron chi connectivity index (χ2n) is 7.08. The van der Waals surface area contributed by atoms with Gasteiger partial charge in [0.15, 0.2) is 6.10 Å². The number of Topliss-reactive ketones (excluding diaryl/α,β-unsaturated/α-hetero) is 1. The van der Waals surface area contributed by atoms with Crippen molar-refractivity contribution in [1.29, 1.82) is 0 Å². The zero-order valence-corrected chi connectivity index (χ0v) is 17.7. The number of benzene rings is 3. The van der Waals surface area contributed by atoms with Gasteiger partial charge in [-0.15, -0.1) is 0 Å². The van der Waals surface area contributed by atoms with Gasteiger partial charge in [-0.2, -0.15) is 0 Å². The number of para-hydroxylation sites is 1. The van der Waals surface area contributed by atoms with E-state index >= 15 is 0 Å². The molecule has 4 aromatic rings. The molecule has 5 heteroatoms. The molecular weight excluding hydrogens is 410 g/mol. The number of halogens is 1. The van der Waals surface area contributed by atoms with Gasteiger partial charge in [-0.1, -0.05) is 85.3 Å². The van der Waals surface area contributed by atoms with Crippen molar-refractivity contribution in [2.24, 2.45) is 0 Å². The Labute approximate surface area is 185 Å². The Morgan fingerprint density at radius 1 is 0.935 bits per heavy atom. The third kappa shape index (κ3) is 4.35. The highest BCUT2D eigenvalue weighted by molar-refractivity contribution is 6.33. The molecule has 1 heterocycles. The van der Waals surface area contributed by atoms with Crippen LogP contribution in [0.3, 0.4) is 0 Å². The van der Waals surface area contributed by atoms with Crippen LogP contribution in [0.5, 0.6) is 0 Å². The van der Waals surface area contributed by atoms with E-state index in [0.717, 1.165) is 5.56 Å². The van der Waals surface area contributed by atoms with E-state index in [2.05, 4.69) is 4.98 Å². The van der Waals surface area contributed by atoms with Crippen LogP contribution in [0.4, 0.5) is 0 Å². The Morgan fingerprint density at radius 2 is 1.61 bits per heavy atom. The minimum absolute atomic E-state index is 0.221. The number of hydrogen-bond donors (Lipinski definition) is 0. The number of rotatable bonds is 6. The van der Waals surface area contributed by atoms with E-state index in [0.29, 0.717) is 39.2 Å². The molecule has 3 aromatic carbocycles. The Morgan fingerprint density at radius 3 is 2.35 bits per heavy atom. The molecule has 0 spiro atoms. The number of carbonyl (C=O) groups is 2. The lowest BCUT2D eigenvalue weighted by molar-refractivity contribution is 0.0279. The summed E-state index contributed by atoms with van der Waals surface area (Å²) in [5.41, 5.74) is 2.79. The maximum atomic E-state index is 13.2. The van der Waals surface area contributed by atoms with Crippen molar-refractivity contribution in [2.45, 2.75) is 19.4 Å². The zero-order chi connectivity index (χ0) is 21.8. The van der Waals surface area contributed by atoms with Gasteiger partial charge >= 0.3 is 5.97 Å². The van der Waals surface area contributed by atoms with Crippen LogP contribution < -0.4 is 0 Å². The van der Waals surface area contributed by atoms with E-state index in [9.17, 15) is 9.59 Å². The summed E-state index contributed by atoms with van der Waals surface area (Å²) in [6.45, 7) is 1.82. The highest BCUT2D eigenvalue weighted by Gasteiger charge is 2.25. The van der Waals surface area contributed by atoms with Crippen LogP contribution in [0.25, 0.3) is 22.2 Å². The van der Waals surface area contributed by atoms with E-state index in [1.807, 2.05) is 55.5 Å². The molecule has 0 aliphatic heterocycles. The predicted molar refractivity (Wildman–Crippen MR) is 122 cm³/mol. The highest BCUT2D eigenvalue weighted by Crippen LogP contribution is 2.30. The summed E-state index contributed by atoms with van der Waals surface area (Å²) in [5.74, 6) is -0.788. The molecule has 0 radical (unpaired) electrons. The van der Waals surface area contributed by atoms with E-state index in [1.54, 1.807) is 36.4 Å². The minimum atomic E-state index is -0.870. The van der Waals surface area contributed by atoms with Crippen LogP contribution in [-0.2, 0) is 4.74 Å². The van der Waals surface area contributed by atoms with Gasteiger partial charge in [0.1, 0.15) is 0 Å². The summed E-state index contributed by atoms with van der Waals surface area (Å²) in [4.78, 5) is 30.7. The molecule has 4 nitrogen and oxygen atoms in total. The van der Waals surface area contributed by atoms with Crippen LogP contribution >= 0.6 is 11.6 Å². The number of esters is 1. The van der Waals surface area contributed by atoms with Gasteiger partial charge in [0.25, 0.3) is 0 Å². The standard InChI is InChI=1S/C26H20ClNO3/c1-2-24(25(29)17-10-4-3-5-11-17)31-26(30)20-16-23(19-13-6-8-14-21(19)27)28-22-15-9-7-12-18(20)22/h3-16,24H,2H2,1H3/t24-/m1/s1. The average molecular weight is 430 g/mol. The maximum absolute atomic E-state index is 13.2.